The van der Waals surface area contributed by atoms with Crippen LogP contribution in [0.5, 0.6) is 5.75 Å². The summed E-state index contributed by atoms with van der Waals surface area (Å²) in [6.07, 6.45) is 2.02. The van der Waals surface area contributed by atoms with E-state index in [0.717, 1.165) is 24.3 Å². The molecule has 1 unspecified atom stereocenters. The summed E-state index contributed by atoms with van der Waals surface area (Å²) in [6.45, 7) is 6.38. The first kappa shape index (κ1) is 15.9. The standard InChI is InChI=1S/C16H23N3OS/c1-6-7-12-16(21-19-18-12)15(17-4)14-11(3)8-10(2)9-13(14)20-5/h8-9,15,17H,6-7H2,1-5H3. The predicted octanol–water partition coefficient (Wildman–Crippen LogP) is 3.42. The van der Waals surface area contributed by atoms with Gasteiger partial charge in [-0.2, -0.15) is 0 Å². The molecule has 0 saturated carbocycles. The van der Waals surface area contributed by atoms with Crippen molar-refractivity contribution in [2.75, 3.05) is 14.2 Å². The minimum absolute atomic E-state index is 0.0714. The largest absolute Gasteiger partial charge is 0.496 e. The molecule has 1 heterocycles. The molecule has 0 fully saturated rings. The molecule has 0 aliphatic heterocycles. The monoisotopic (exact) mass is 305 g/mol. The number of benzene rings is 1. The molecule has 1 N–H and O–H groups in total. The van der Waals surface area contributed by atoms with Crippen molar-refractivity contribution in [3.63, 3.8) is 0 Å². The van der Waals surface area contributed by atoms with E-state index in [1.165, 1.54) is 33.1 Å². The fourth-order valence-electron chi connectivity index (χ4n) is 2.73. The molecule has 2 rings (SSSR count). The lowest BCUT2D eigenvalue weighted by Gasteiger charge is -2.21. The molecule has 0 aliphatic carbocycles. The normalized spacial score (nSPS) is 12.4. The van der Waals surface area contributed by atoms with Gasteiger partial charge in [-0.25, -0.2) is 0 Å². The third-order valence-electron chi connectivity index (χ3n) is 3.62. The fourth-order valence-corrected chi connectivity index (χ4v) is 3.55. The zero-order valence-corrected chi connectivity index (χ0v) is 14.2. The van der Waals surface area contributed by atoms with Gasteiger partial charge in [0.15, 0.2) is 0 Å². The Hall–Kier alpha value is -1.46. The summed E-state index contributed by atoms with van der Waals surface area (Å²) in [7, 11) is 3.70. The SMILES string of the molecule is CCCc1nnsc1C(NC)c1c(C)cc(C)cc1OC. The summed E-state index contributed by atoms with van der Waals surface area (Å²) in [4.78, 5) is 1.18. The van der Waals surface area contributed by atoms with E-state index in [-0.39, 0.29) is 6.04 Å². The molecular formula is C16H23N3OS. The van der Waals surface area contributed by atoms with Crippen LogP contribution in [0.1, 0.15) is 46.6 Å². The number of nitrogens with zero attached hydrogens (tertiary/aromatic N) is 2. The van der Waals surface area contributed by atoms with E-state index in [2.05, 4.69) is 47.8 Å². The van der Waals surface area contributed by atoms with E-state index in [0.29, 0.717) is 0 Å². The first-order valence-electron chi connectivity index (χ1n) is 7.25. The molecule has 0 bridgehead atoms. The highest BCUT2D eigenvalue weighted by Gasteiger charge is 2.24. The number of aromatic nitrogens is 2. The van der Waals surface area contributed by atoms with E-state index in [1.807, 2.05) is 7.05 Å². The Morgan fingerprint density at radius 3 is 2.71 bits per heavy atom. The fraction of sp³-hybridized carbons (Fsp3) is 0.500. The van der Waals surface area contributed by atoms with Crippen LogP contribution in [0.15, 0.2) is 12.1 Å². The van der Waals surface area contributed by atoms with E-state index in [4.69, 9.17) is 4.74 Å². The summed E-state index contributed by atoms with van der Waals surface area (Å²) in [6, 6.07) is 4.35. The highest BCUT2D eigenvalue weighted by Crippen LogP contribution is 2.36. The van der Waals surface area contributed by atoms with Gasteiger partial charge in [0.1, 0.15) is 5.75 Å². The van der Waals surface area contributed by atoms with Crippen LogP contribution < -0.4 is 10.1 Å². The maximum atomic E-state index is 5.61. The van der Waals surface area contributed by atoms with Crippen molar-refractivity contribution < 1.29 is 4.74 Å². The van der Waals surface area contributed by atoms with E-state index < -0.39 is 0 Å². The second kappa shape index (κ2) is 7.00. The lowest BCUT2D eigenvalue weighted by atomic mass is 9.95. The van der Waals surface area contributed by atoms with Crippen molar-refractivity contribution >= 4 is 11.5 Å². The molecule has 5 heteroatoms. The summed E-state index contributed by atoms with van der Waals surface area (Å²) < 4.78 is 9.76. The van der Waals surface area contributed by atoms with Crippen molar-refractivity contribution in [2.24, 2.45) is 0 Å². The predicted molar refractivity (Wildman–Crippen MR) is 87.3 cm³/mol. The van der Waals surface area contributed by atoms with Gasteiger partial charge in [0, 0.05) is 5.56 Å². The van der Waals surface area contributed by atoms with Crippen LogP contribution in [0.4, 0.5) is 0 Å². The average molecular weight is 305 g/mol. The number of aryl methyl sites for hydroxylation is 3. The second-order valence-electron chi connectivity index (χ2n) is 5.25. The third kappa shape index (κ3) is 3.24. The van der Waals surface area contributed by atoms with Crippen LogP contribution in [-0.4, -0.2) is 23.7 Å². The minimum atomic E-state index is 0.0714. The first-order chi connectivity index (χ1) is 10.1. The van der Waals surface area contributed by atoms with Crippen LogP contribution in [0.2, 0.25) is 0 Å². The number of hydrogen-bond donors (Lipinski definition) is 1. The summed E-state index contributed by atoms with van der Waals surface area (Å²) in [5.74, 6) is 0.919. The van der Waals surface area contributed by atoms with Crippen LogP contribution >= 0.6 is 11.5 Å². The highest BCUT2D eigenvalue weighted by atomic mass is 32.1. The lowest BCUT2D eigenvalue weighted by molar-refractivity contribution is 0.404. The smallest absolute Gasteiger partial charge is 0.124 e. The Morgan fingerprint density at radius 2 is 2.10 bits per heavy atom. The van der Waals surface area contributed by atoms with Gasteiger partial charge < -0.3 is 10.1 Å². The van der Waals surface area contributed by atoms with E-state index in [9.17, 15) is 0 Å². The molecule has 114 valence electrons. The van der Waals surface area contributed by atoms with E-state index >= 15 is 0 Å². The van der Waals surface area contributed by atoms with Gasteiger partial charge >= 0.3 is 0 Å². The Morgan fingerprint density at radius 1 is 1.33 bits per heavy atom. The van der Waals surface area contributed by atoms with Gasteiger partial charge in [-0.15, -0.1) is 5.10 Å². The number of hydrogen-bond acceptors (Lipinski definition) is 5. The van der Waals surface area contributed by atoms with Gasteiger partial charge in [0.05, 0.1) is 23.7 Å². The average Bonchev–Trinajstić information content (AvgIpc) is 2.90. The Balaban J connectivity index is 2.53. The zero-order valence-electron chi connectivity index (χ0n) is 13.4. The quantitative estimate of drug-likeness (QED) is 0.888. The van der Waals surface area contributed by atoms with Gasteiger partial charge in [-0.05, 0) is 56.0 Å². The van der Waals surface area contributed by atoms with Crippen LogP contribution in [0.25, 0.3) is 0 Å². The molecule has 21 heavy (non-hydrogen) atoms. The van der Waals surface area contributed by atoms with Crippen molar-refractivity contribution in [3.05, 3.63) is 39.4 Å². The summed E-state index contributed by atoms with van der Waals surface area (Å²) in [5.41, 5.74) is 4.69. The Labute approximate surface area is 130 Å². The Kier molecular flexibility index (Phi) is 5.31. The van der Waals surface area contributed by atoms with Crippen LogP contribution in [0, 0.1) is 13.8 Å². The topological polar surface area (TPSA) is 47.0 Å². The molecule has 0 spiro atoms. The second-order valence-corrected chi connectivity index (χ2v) is 6.04. The molecule has 1 aromatic heterocycles. The molecular weight excluding hydrogens is 282 g/mol. The molecule has 1 aromatic carbocycles. The van der Waals surface area contributed by atoms with Crippen molar-refractivity contribution in [3.8, 4) is 5.75 Å². The molecule has 0 saturated heterocycles. The maximum Gasteiger partial charge on any atom is 0.124 e. The van der Waals surface area contributed by atoms with Gasteiger partial charge in [-0.1, -0.05) is 23.9 Å². The molecule has 0 radical (unpaired) electrons. The van der Waals surface area contributed by atoms with Gasteiger partial charge in [0.25, 0.3) is 0 Å². The zero-order chi connectivity index (χ0) is 15.4. The highest BCUT2D eigenvalue weighted by molar-refractivity contribution is 7.05. The van der Waals surface area contributed by atoms with Crippen LogP contribution in [0.3, 0.4) is 0 Å². The number of ether oxygens (including phenoxy) is 1. The first-order valence-corrected chi connectivity index (χ1v) is 8.03. The summed E-state index contributed by atoms with van der Waals surface area (Å²) in [5, 5.41) is 7.70. The van der Waals surface area contributed by atoms with Crippen molar-refractivity contribution in [2.45, 2.75) is 39.7 Å². The summed E-state index contributed by atoms with van der Waals surface area (Å²) >= 11 is 1.47. The molecule has 2 aromatic rings. The number of rotatable bonds is 6. The number of methoxy groups -OCH3 is 1. The Bertz CT molecular complexity index is 610. The number of nitrogens with one attached hydrogen (secondary N) is 1. The van der Waals surface area contributed by atoms with Gasteiger partial charge in [0.2, 0.25) is 0 Å². The lowest BCUT2D eigenvalue weighted by Crippen LogP contribution is -2.20. The van der Waals surface area contributed by atoms with Crippen molar-refractivity contribution in [1.82, 2.24) is 14.9 Å². The molecule has 1 atom stereocenters. The van der Waals surface area contributed by atoms with Crippen LogP contribution in [-0.2, 0) is 6.42 Å². The maximum absolute atomic E-state index is 5.61. The molecule has 0 amide bonds. The van der Waals surface area contributed by atoms with Crippen molar-refractivity contribution in [1.29, 1.82) is 0 Å². The third-order valence-corrected chi connectivity index (χ3v) is 4.46. The molecule has 0 aliphatic rings. The minimum Gasteiger partial charge on any atom is -0.496 e. The van der Waals surface area contributed by atoms with Gasteiger partial charge in [-0.3, -0.25) is 0 Å². The molecule has 4 nitrogen and oxygen atoms in total. The van der Waals surface area contributed by atoms with E-state index in [1.54, 1.807) is 7.11 Å².